The first kappa shape index (κ1) is 37.8. The second-order valence-corrected chi connectivity index (χ2v) is 0. The summed E-state index contributed by atoms with van der Waals surface area (Å²) >= 11 is 0. The Morgan fingerprint density at radius 2 is 0.400 bits per heavy atom. The third kappa shape index (κ3) is 18.3. The van der Waals surface area contributed by atoms with E-state index >= 15 is 0 Å². The van der Waals surface area contributed by atoms with Crippen molar-refractivity contribution in [1.82, 2.24) is 0 Å². The van der Waals surface area contributed by atoms with Crippen LogP contribution in [0.1, 0.15) is 0 Å². The summed E-state index contributed by atoms with van der Waals surface area (Å²) in [4.78, 5) is 0. The van der Waals surface area contributed by atoms with E-state index in [1.54, 1.807) is 0 Å². The van der Waals surface area contributed by atoms with Crippen LogP contribution in [0.4, 0.5) is 0 Å². The van der Waals surface area contributed by atoms with Gasteiger partial charge in [0.1, 0.15) is 0 Å². The molecule has 6 radical (unpaired) electrons. The van der Waals surface area contributed by atoms with Crippen LogP contribution in [-0.2, 0) is 77.5 Å². The van der Waals surface area contributed by atoms with Gasteiger partial charge in [0, 0.05) is 112 Å². The Balaban J connectivity index is 0. The summed E-state index contributed by atoms with van der Waals surface area (Å²) < 4.78 is 0. The molecule has 0 aliphatic heterocycles. The minimum atomic E-state index is 0. The standard InChI is InChI=1S/2Al.3Hf. The zero-order valence-corrected chi connectivity index (χ0v) is 15.7. The maximum atomic E-state index is 0. The van der Waals surface area contributed by atoms with Crippen LogP contribution in [0, 0.1) is 0 Å². The Hall–Kier alpha value is 3.68. The van der Waals surface area contributed by atoms with Crippen LogP contribution in [0.5, 0.6) is 0 Å². The second kappa shape index (κ2) is 25.3. The molecule has 5 heavy (non-hydrogen) atoms. The Morgan fingerprint density at radius 3 is 0.400 bits per heavy atom. The third-order valence-corrected chi connectivity index (χ3v) is 0. The van der Waals surface area contributed by atoms with Crippen LogP contribution in [0.25, 0.3) is 0 Å². The SMILES string of the molecule is [Al].[Al].[Hf].[Hf].[Hf]. The average molecular weight is 589 g/mol. The van der Waals surface area contributed by atoms with E-state index in [0.717, 1.165) is 0 Å². The molecule has 0 rings (SSSR count). The molecular weight excluding hydrogens is 589 g/mol. The van der Waals surface area contributed by atoms with E-state index in [-0.39, 0.29) is 112 Å². The summed E-state index contributed by atoms with van der Waals surface area (Å²) in [6, 6.07) is 0. The smallest absolute Gasteiger partial charge is 0 e. The van der Waals surface area contributed by atoms with E-state index in [4.69, 9.17) is 0 Å². The van der Waals surface area contributed by atoms with Crippen molar-refractivity contribution in [3.8, 4) is 0 Å². The maximum Gasteiger partial charge on any atom is 0 e. The summed E-state index contributed by atoms with van der Waals surface area (Å²) in [5.74, 6) is 0. The average Bonchev–Trinajstić information content (AvgIpc) is 0. The van der Waals surface area contributed by atoms with Crippen LogP contribution in [0.2, 0.25) is 0 Å². The van der Waals surface area contributed by atoms with Crippen LogP contribution in [-0.4, -0.2) is 34.7 Å². The van der Waals surface area contributed by atoms with Crippen LogP contribution in [0.15, 0.2) is 0 Å². The fraction of sp³-hybridized carbons (Fsp3) is 0. The second-order valence-electron chi connectivity index (χ2n) is 0. The third-order valence-electron chi connectivity index (χ3n) is 0. The van der Waals surface area contributed by atoms with Gasteiger partial charge in [-0.3, -0.25) is 0 Å². The first-order chi connectivity index (χ1) is 0. The molecule has 0 atom stereocenters. The zero-order chi connectivity index (χ0) is 0. The van der Waals surface area contributed by atoms with Gasteiger partial charge in [-0.15, -0.1) is 0 Å². The van der Waals surface area contributed by atoms with Crippen molar-refractivity contribution in [2.75, 3.05) is 0 Å². The Morgan fingerprint density at radius 1 is 0.400 bits per heavy atom. The quantitative estimate of drug-likeness (QED) is 0.326. The topological polar surface area (TPSA) is 0 Å². The van der Waals surface area contributed by atoms with Crippen molar-refractivity contribution in [2.24, 2.45) is 0 Å². The molecule has 0 saturated heterocycles. The number of hydrogen-bond acceptors (Lipinski definition) is 0. The summed E-state index contributed by atoms with van der Waals surface area (Å²) in [6.07, 6.45) is 0. The number of rotatable bonds is 0. The molecule has 0 aromatic heterocycles. The van der Waals surface area contributed by atoms with Crippen LogP contribution >= 0.6 is 0 Å². The van der Waals surface area contributed by atoms with Crippen molar-refractivity contribution in [1.29, 1.82) is 0 Å². The molecule has 0 aliphatic carbocycles. The molecule has 0 fully saturated rings. The molecule has 0 saturated carbocycles. The van der Waals surface area contributed by atoms with Gasteiger partial charge in [0.05, 0.1) is 0 Å². The minimum absolute atomic E-state index is 0. The Labute approximate surface area is 110 Å². The van der Waals surface area contributed by atoms with Crippen LogP contribution < -0.4 is 0 Å². The van der Waals surface area contributed by atoms with E-state index < -0.39 is 0 Å². The monoisotopic (exact) mass is 594 g/mol. The molecule has 5 heteroatoms. The van der Waals surface area contributed by atoms with Gasteiger partial charge in [0.15, 0.2) is 0 Å². The van der Waals surface area contributed by atoms with Gasteiger partial charge in [0.2, 0.25) is 0 Å². The van der Waals surface area contributed by atoms with Gasteiger partial charge in [-0.1, -0.05) is 0 Å². The largest absolute Gasteiger partial charge is 0 e. The molecule has 0 aromatic rings. The fourth-order valence-corrected chi connectivity index (χ4v) is 0. The minimum Gasteiger partial charge on any atom is 0 e. The van der Waals surface area contributed by atoms with Gasteiger partial charge in [0.25, 0.3) is 0 Å². The molecule has 18 valence electrons. The maximum absolute atomic E-state index is 0. The van der Waals surface area contributed by atoms with Crippen molar-refractivity contribution in [3.05, 3.63) is 0 Å². The van der Waals surface area contributed by atoms with E-state index in [0.29, 0.717) is 0 Å². The zero-order valence-electron chi connectivity index (χ0n) is 2.65. The first-order valence-corrected chi connectivity index (χ1v) is 0. The summed E-state index contributed by atoms with van der Waals surface area (Å²) in [5, 5.41) is 0. The van der Waals surface area contributed by atoms with Crippen molar-refractivity contribution < 1.29 is 77.5 Å². The summed E-state index contributed by atoms with van der Waals surface area (Å²) in [6.45, 7) is 0. The molecular formula is Al2Hf3. The summed E-state index contributed by atoms with van der Waals surface area (Å²) in [5.41, 5.74) is 0. The van der Waals surface area contributed by atoms with Gasteiger partial charge >= 0.3 is 0 Å². The molecule has 0 N–H and O–H groups in total. The fourth-order valence-electron chi connectivity index (χ4n) is 0. The molecule has 0 amide bonds. The molecule has 0 aliphatic rings. The number of hydrogen-bond donors (Lipinski definition) is 0. The van der Waals surface area contributed by atoms with Gasteiger partial charge in [-0.2, -0.15) is 0 Å². The molecule has 0 spiro atoms. The van der Waals surface area contributed by atoms with E-state index in [2.05, 4.69) is 0 Å². The van der Waals surface area contributed by atoms with E-state index in [9.17, 15) is 0 Å². The van der Waals surface area contributed by atoms with Crippen molar-refractivity contribution >= 4 is 34.7 Å². The van der Waals surface area contributed by atoms with Crippen LogP contribution in [0.3, 0.4) is 0 Å². The van der Waals surface area contributed by atoms with Gasteiger partial charge in [-0.25, -0.2) is 0 Å². The molecule has 0 nitrogen and oxygen atoms in total. The molecule has 0 heterocycles. The van der Waals surface area contributed by atoms with Crippen molar-refractivity contribution in [3.63, 3.8) is 0 Å². The molecule has 0 bridgehead atoms. The normalized spacial score (nSPS) is 0. The van der Waals surface area contributed by atoms with Gasteiger partial charge in [-0.05, 0) is 0 Å². The Bertz CT molecular complexity index is 4.85. The predicted octanol–water partition coefficient (Wildman–Crippen LogP) is -0.769. The van der Waals surface area contributed by atoms with E-state index in [1.165, 1.54) is 0 Å². The predicted molar refractivity (Wildman–Crippen MR) is 11.5 cm³/mol. The summed E-state index contributed by atoms with van der Waals surface area (Å²) in [7, 11) is 0. The van der Waals surface area contributed by atoms with E-state index in [1.807, 2.05) is 0 Å². The molecule has 0 aromatic carbocycles. The molecule has 0 unspecified atom stereocenters. The van der Waals surface area contributed by atoms with Gasteiger partial charge < -0.3 is 0 Å². The first-order valence-electron chi connectivity index (χ1n) is 0. The Kier molecular flexibility index (Phi) is 192. The van der Waals surface area contributed by atoms with Crippen molar-refractivity contribution in [2.45, 2.75) is 0 Å².